The monoisotopic (exact) mass is 474 g/mol. The third kappa shape index (κ3) is 3.13. The minimum absolute atomic E-state index is 0.0644. The molecule has 8 heteroatoms. The Morgan fingerprint density at radius 1 is 0.529 bits per heavy atom. The van der Waals surface area contributed by atoms with Crippen molar-refractivity contribution in [1.82, 2.24) is 0 Å². The third-order valence-electron chi connectivity index (χ3n) is 8.10. The maximum atomic E-state index is 12.9. The number of aliphatic hydroxyl groups excluding tert-OH is 6. The average Bonchev–Trinajstić information content (AvgIpc) is 3.10. The predicted molar refractivity (Wildman–Crippen MR) is 122 cm³/mol. The molecule has 8 atom stereocenters. The highest BCUT2D eigenvalue weighted by Gasteiger charge is 2.54. The molecule has 0 aromatic heterocycles. The average molecular weight is 475 g/mol. The van der Waals surface area contributed by atoms with Crippen molar-refractivity contribution >= 4 is 11.6 Å². The molecule has 4 rings (SSSR count). The number of aliphatic hydroxyl groups is 6. The first-order valence-electron chi connectivity index (χ1n) is 11.8. The molecule has 0 fully saturated rings. The Balaban J connectivity index is 1.96. The molecule has 34 heavy (non-hydrogen) atoms. The molecule has 6 N–H and O–H groups in total. The van der Waals surface area contributed by atoms with Gasteiger partial charge in [0.15, 0.2) is 11.6 Å². The van der Waals surface area contributed by atoms with E-state index >= 15 is 0 Å². The number of allylic oxidation sites excluding steroid dienone is 2. The molecule has 0 saturated heterocycles. The molecule has 0 aliphatic heterocycles. The Kier molecular flexibility index (Phi) is 6.16. The molecule has 186 valence electrons. The van der Waals surface area contributed by atoms with Crippen molar-refractivity contribution in [2.24, 2.45) is 23.7 Å². The fourth-order valence-electron chi connectivity index (χ4n) is 6.80. The van der Waals surface area contributed by atoms with Gasteiger partial charge in [-0.15, -0.1) is 0 Å². The number of Topliss-reactive ketones (excluding diaryl/α,β-unsaturated/α-hetero) is 2. The highest BCUT2D eigenvalue weighted by atomic mass is 16.3. The van der Waals surface area contributed by atoms with Gasteiger partial charge in [0, 0.05) is 23.0 Å². The Morgan fingerprint density at radius 2 is 0.824 bits per heavy atom. The van der Waals surface area contributed by atoms with Gasteiger partial charge in [0.05, 0.1) is 0 Å². The standard InChI is InChI=1S/C26H34O8/c1-7(2)11-9(5)13(19(27)17-15(11)21(29)25(33)23(17)31)14-10(6)12(8(3)4)16-18(20(14)28)24(32)26(34)22(16)30/h7-8,11-12,19-22,25-30,33-34H,1-6H3/t11-,12-,19-,20+,21-,22+,25+,26+/m0/s1. The molecule has 0 bridgehead atoms. The van der Waals surface area contributed by atoms with Gasteiger partial charge in [-0.05, 0) is 48.0 Å². The summed E-state index contributed by atoms with van der Waals surface area (Å²) < 4.78 is 0. The first-order chi connectivity index (χ1) is 15.7. The lowest BCUT2D eigenvalue weighted by Crippen LogP contribution is -2.38. The van der Waals surface area contributed by atoms with Crippen molar-refractivity contribution in [1.29, 1.82) is 0 Å². The van der Waals surface area contributed by atoms with Crippen LogP contribution in [-0.4, -0.2) is 78.8 Å². The van der Waals surface area contributed by atoms with Crippen molar-refractivity contribution in [2.45, 2.75) is 78.2 Å². The normalized spacial score (nSPS) is 38.8. The lowest BCUT2D eigenvalue weighted by Gasteiger charge is -2.41. The van der Waals surface area contributed by atoms with Gasteiger partial charge in [-0.25, -0.2) is 0 Å². The van der Waals surface area contributed by atoms with E-state index in [1.807, 2.05) is 27.7 Å². The van der Waals surface area contributed by atoms with E-state index in [0.717, 1.165) is 0 Å². The van der Waals surface area contributed by atoms with E-state index in [1.54, 1.807) is 13.8 Å². The number of carbonyl (C=O) groups excluding carboxylic acids is 2. The molecule has 0 radical (unpaired) electrons. The summed E-state index contributed by atoms with van der Waals surface area (Å²) in [4.78, 5) is 25.7. The summed E-state index contributed by atoms with van der Waals surface area (Å²) in [5, 5.41) is 64.7. The molecule has 0 saturated carbocycles. The van der Waals surface area contributed by atoms with Crippen LogP contribution in [0.3, 0.4) is 0 Å². The van der Waals surface area contributed by atoms with Crippen molar-refractivity contribution in [3.8, 4) is 0 Å². The molecular formula is C26H34O8. The Labute approximate surface area is 198 Å². The number of carbonyl (C=O) groups is 2. The maximum absolute atomic E-state index is 12.9. The van der Waals surface area contributed by atoms with Crippen molar-refractivity contribution in [3.05, 3.63) is 44.6 Å². The van der Waals surface area contributed by atoms with Gasteiger partial charge in [0.2, 0.25) is 0 Å². The minimum Gasteiger partial charge on any atom is -0.385 e. The van der Waals surface area contributed by atoms with Gasteiger partial charge in [-0.3, -0.25) is 9.59 Å². The van der Waals surface area contributed by atoms with Crippen LogP contribution < -0.4 is 0 Å². The zero-order chi connectivity index (χ0) is 25.5. The summed E-state index contributed by atoms with van der Waals surface area (Å²) in [7, 11) is 0. The predicted octanol–water partition coefficient (Wildman–Crippen LogP) is 0.115. The van der Waals surface area contributed by atoms with Gasteiger partial charge in [0.25, 0.3) is 0 Å². The highest BCUT2D eigenvalue weighted by molar-refractivity contribution is 6.07. The Bertz CT molecular complexity index is 1000. The van der Waals surface area contributed by atoms with E-state index in [2.05, 4.69) is 0 Å². The largest absolute Gasteiger partial charge is 0.385 e. The number of hydrogen-bond donors (Lipinski definition) is 6. The van der Waals surface area contributed by atoms with E-state index in [-0.39, 0.29) is 34.1 Å². The van der Waals surface area contributed by atoms with Gasteiger partial charge >= 0.3 is 0 Å². The fourth-order valence-corrected chi connectivity index (χ4v) is 6.80. The van der Waals surface area contributed by atoms with E-state index in [4.69, 9.17) is 0 Å². The second-order valence-corrected chi connectivity index (χ2v) is 10.7. The number of hydrogen-bond acceptors (Lipinski definition) is 8. The van der Waals surface area contributed by atoms with Crippen molar-refractivity contribution in [3.63, 3.8) is 0 Å². The van der Waals surface area contributed by atoms with Crippen molar-refractivity contribution in [2.75, 3.05) is 0 Å². The first kappa shape index (κ1) is 25.2. The lowest BCUT2D eigenvalue weighted by molar-refractivity contribution is -0.126. The quantitative estimate of drug-likeness (QED) is 0.337. The summed E-state index contributed by atoms with van der Waals surface area (Å²) >= 11 is 0. The maximum Gasteiger partial charge on any atom is 0.193 e. The van der Waals surface area contributed by atoms with Crippen LogP contribution in [0, 0.1) is 23.7 Å². The topological polar surface area (TPSA) is 156 Å². The Hall–Kier alpha value is -1.94. The molecule has 4 aliphatic carbocycles. The zero-order valence-electron chi connectivity index (χ0n) is 20.3. The van der Waals surface area contributed by atoms with Gasteiger partial charge in [0.1, 0.15) is 36.6 Å². The molecule has 4 aliphatic rings. The molecule has 0 aromatic carbocycles. The van der Waals surface area contributed by atoms with E-state index in [9.17, 15) is 40.2 Å². The molecule has 0 amide bonds. The summed E-state index contributed by atoms with van der Waals surface area (Å²) in [6.07, 6.45) is -9.20. The first-order valence-corrected chi connectivity index (χ1v) is 11.8. The van der Waals surface area contributed by atoms with Crippen LogP contribution in [0.25, 0.3) is 0 Å². The van der Waals surface area contributed by atoms with E-state index in [0.29, 0.717) is 22.3 Å². The molecule has 8 nitrogen and oxygen atoms in total. The van der Waals surface area contributed by atoms with E-state index < -0.39 is 60.0 Å². The molecule has 0 spiro atoms. The van der Waals surface area contributed by atoms with Crippen LogP contribution in [-0.2, 0) is 9.59 Å². The van der Waals surface area contributed by atoms with Crippen LogP contribution in [0.5, 0.6) is 0 Å². The molecular weight excluding hydrogens is 440 g/mol. The summed E-state index contributed by atoms with van der Waals surface area (Å²) in [6.45, 7) is 11.1. The van der Waals surface area contributed by atoms with Crippen molar-refractivity contribution < 1.29 is 40.2 Å². The van der Waals surface area contributed by atoms with Crippen LogP contribution >= 0.6 is 0 Å². The van der Waals surface area contributed by atoms with E-state index in [1.165, 1.54) is 0 Å². The fraction of sp³-hybridized carbons (Fsp3) is 0.615. The van der Waals surface area contributed by atoms with Crippen LogP contribution in [0.15, 0.2) is 44.6 Å². The summed E-state index contributed by atoms with van der Waals surface area (Å²) in [6, 6.07) is 0. The van der Waals surface area contributed by atoms with Crippen LogP contribution in [0.2, 0.25) is 0 Å². The van der Waals surface area contributed by atoms with Crippen LogP contribution in [0.1, 0.15) is 41.5 Å². The van der Waals surface area contributed by atoms with Crippen LogP contribution in [0.4, 0.5) is 0 Å². The number of ketones is 2. The second kappa shape index (κ2) is 8.33. The Morgan fingerprint density at radius 3 is 1.09 bits per heavy atom. The second-order valence-electron chi connectivity index (χ2n) is 10.7. The molecule has 0 heterocycles. The number of rotatable bonds is 3. The molecule has 0 unspecified atom stereocenters. The van der Waals surface area contributed by atoms with Gasteiger partial charge < -0.3 is 30.6 Å². The van der Waals surface area contributed by atoms with Gasteiger partial charge in [-0.1, -0.05) is 38.8 Å². The molecule has 0 aromatic rings. The zero-order valence-corrected chi connectivity index (χ0v) is 20.3. The lowest BCUT2D eigenvalue weighted by atomic mass is 9.65. The minimum atomic E-state index is -1.67. The van der Waals surface area contributed by atoms with Gasteiger partial charge in [-0.2, -0.15) is 0 Å². The summed E-state index contributed by atoms with van der Waals surface area (Å²) in [5.41, 5.74) is 2.31. The smallest absolute Gasteiger partial charge is 0.193 e. The SMILES string of the molecule is CC1=C(C2=C(C)[C@H](C(C)C)C3=C(C(=O)[C@H](O)[C@H]3O)[C@H]2O)[C@@H](O)C2=C([C@H]1C(C)C)[C@@H](O)[C@@H](O)C2=O. The summed E-state index contributed by atoms with van der Waals surface area (Å²) in [5.74, 6) is -2.65. The third-order valence-corrected chi connectivity index (χ3v) is 8.10. The highest BCUT2D eigenvalue weighted by Crippen LogP contribution is 2.52.